The van der Waals surface area contributed by atoms with E-state index in [2.05, 4.69) is 52.5 Å². The van der Waals surface area contributed by atoms with Gasteiger partial charge in [0.25, 0.3) is 0 Å². The minimum absolute atomic E-state index is 0. The quantitative estimate of drug-likeness (QED) is 0.278. The molecule has 1 aromatic rings. The fraction of sp³-hybridized carbons (Fsp3) is 0.682. The Morgan fingerprint density at radius 2 is 1.96 bits per heavy atom. The summed E-state index contributed by atoms with van der Waals surface area (Å²) in [6.45, 7) is 7.86. The highest BCUT2D eigenvalue weighted by atomic mass is 127. The molecule has 2 fully saturated rings. The zero-order chi connectivity index (χ0) is 18.9. The first-order chi connectivity index (χ1) is 13.3. The smallest absolute Gasteiger partial charge is 0.193 e. The van der Waals surface area contributed by atoms with Gasteiger partial charge >= 0.3 is 0 Å². The molecule has 2 atom stereocenters. The van der Waals surface area contributed by atoms with Crippen molar-refractivity contribution in [1.82, 2.24) is 10.2 Å². The summed E-state index contributed by atoms with van der Waals surface area (Å²) >= 11 is 0. The molecule has 1 N–H and O–H groups in total. The van der Waals surface area contributed by atoms with Crippen molar-refractivity contribution in [3.63, 3.8) is 0 Å². The Kier molecular flexibility index (Phi) is 10.6. The Bertz CT molecular complexity index is 578. The molecular weight excluding hydrogens is 465 g/mol. The molecule has 28 heavy (non-hydrogen) atoms. The number of nitrogens with zero attached hydrogens (tertiary/aromatic N) is 2. The van der Waals surface area contributed by atoms with E-state index in [9.17, 15) is 0 Å². The van der Waals surface area contributed by atoms with Gasteiger partial charge < -0.3 is 19.7 Å². The molecule has 0 amide bonds. The summed E-state index contributed by atoms with van der Waals surface area (Å²) in [4.78, 5) is 6.91. The van der Waals surface area contributed by atoms with Gasteiger partial charge in [-0.3, -0.25) is 4.99 Å². The number of hydrogen-bond donors (Lipinski definition) is 1. The maximum absolute atomic E-state index is 5.95. The van der Waals surface area contributed by atoms with Gasteiger partial charge in [-0.05, 0) is 43.1 Å². The van der Waals surface area contributed by atoms with E-state index in [1.54, 1.807) is 0 Å². The summed E-state index contributed by atoms with van der Waals surface area (Å²) in [6.07, 6.45) is 4.63. The highest BCUT2D eigenvalue weighted by Gasteiger charge is 2.28. The van der Waals surface area contributed by atoms with E-state index in [1.165, 1.54) is 12.0 Å². The van der Waals surface area contributed by atoms with Crippen LogP contribution in [0.1, 0.15) is 44.1 Å². The van der Waals surface area contributed by atoms with Gasteiger partial charge in [0.1, 0.15) is 0 Å². The number of hydrogen-bond acceptors (Lipinski definition) is 3. The van der Waals surface area contributed by atoms with E-state index in [-0.39, 0.29) is 24.0 Å². The summed E-state index contributed by atoms with van der Waals surface area (Å²) in [5, 5.41) is 3.52. The third kappa shape index (κ3) is 6.88. The normalized spacial score (nSPS) is 23.9. The van der Waals surface area contributed by atoms with Crippen LogP contribution in [0.3, 0.4) is 0 Å². The van der Waals surface area contributed by atoms with Gasteiger partial charge in [0.15, 0.2) is 5.96 Å². The van der Waals surface area contributed by atoms with Gasteiger partial charge in [0.2, 0.25) is 0 Å². The lowest BCUT2D eigenvalue weighted by Gasteiger charge is -2.39. The molecule has 158 valence electrons. The maximum Gasteiger partial charge on any atom is 0.193 e. The SMILES string of the molecule is CN=C(NCCCOC1CCOCC1)N1CCC(c2ccccc2)C(C)C1.I. The van der Waals surface area contributed by atoms with Crippen LogP contribution in [0.25, 0.3) is 0 Å². The van der Waals surface area contributed by atoms with Gasteiger partial charge in [0.05, 0.1) is 6.10 Å². The second-order valence-electron chi connectivity index (χ2n) is 7.74. The zero-order valence-electron chi connectivity index (χ0n) is 17.3. The van der Waals surface area contributed by atoms with Gasteiger partial charge in [-0.15, -0.1) is 24.0 Å². The second-order valence-corrected chi connectivity index (χ2v) is 7.74. The van der Waals surface area contributed by atoms with Crippen LogP contribution in [-0.2, 0) is 9.47 Å². The Labute approximate surface area is 187 Å². The van der Waals surface area contributed by atoms with Gasteiger partial charge in [-0.2, -0.15) is 0 Å². The molecule has 6 heteroatoms. The standard InChI is InChI=1S/C22H35N3O2.HI/c1-18-17-25(13-9-21(18)19-7-4-3-5-8-19)22(23-2)24-12-6-14-27-20-10-15-26-16-11-20;/h3-5,7-8,18,20-21H,6,9-17H2,1-2H3,(H,23,24);1H. The summed E-state index contributed by atoms with van der Waals surface area (Å²) in [5.41, 5.74) is 1.47. The minimum Gasteiger partial charge on any atom is -0.381 e. The zero-order valence-corrected chi connectivity index (χ0v) is 19.6. The highest BCUT2D eigenvalue weighted by molar-refractivity contribution is 14.0. The molecule has 0 bridgehead atoms. The fourth-order valence-electron chi connectivity index (χ4n) is 4.23. The van der Waals surface area contributed by atoms with Crippen LogP contribution in [0, 0.1) is 5.92 Å². The molecule has 5 nitrogen and oxygen atoms in total. The van der Waals surface area contributed by atoms with Crippen LogP contribution in [0.4, 0.5) is 0 Å². The van der Waals surface area contributed by atoms with E-state index in [4.69, 9.17) is 9.47 Å². The minimum atomic E-state index is 0. The van der Waals surface area contributed by atoms with Crippen LogP contribution in [0.5, 0.6) is 0 Å². The van der Waals surface area contributed by atoms with Crippen LogP contribution in [-0.4, -0.2) is 63.5 Å². The number of rotatable bonds is 6. The van der Waals surface area contributed by atoms with Gasteiger partial charge in [-0.25, -0.2) is 0 Å². The third-order valence-corrected chi connectivity index (χ3v) is 5.77. The van der Waals surface area contributed by atoms with Crippen LogP contribution < -0.4 is 5.32 Å². The van der Waals surface area contributed by atoms with Crippen molar-refractivity contribution < 1.29 is 9.47 Å². The number of benzene rings is 1. The number of guanidine groups is 1. The predicted octanol–water partition coefficient (Wildman–Crippen LogP) is 3.89. The van der Waals surface area contributed by atoms with Crippen LogP contribution >= 0.6 is 24.0 Å². The molecule has 0 aromatic heterocycles. The molecule has 2 aliphatic rings. The highest BCUT2D eigenvalue weighted by Crippen LogP contribution is 2.32. The first kappa shape index (κ1) is 23.4. The summed E-state index contributed by atoms with van der Waals surface area (Å²) in [7, 11) is 1.88. The molecular formula is C22H36IN3O2. The average molecular weight is 501 g/mol. The summed E-state index contributed by atoms with van der Waals surface area (Å²) in [6, 6.07) is 10.9. The van der Waals surface area contributed by atoms with Crippen molar-refractivity contribution in [2.75, 3.05) is 46.5 Å². The molecule has 0 saturated carbocycles. The van der Waals surface area contributed by atoms with Gasteiger partial charge in [0, 0.05) is 46.5 Å². The average Bonchev–Trinajstić information content (AvgIpc) is 2.72. The summed E-state index contributed by atoms with van der Waals surface area (Å²) < 4.78 is 11.3. The van der Waals surface area contributed by atoms with Crippen molar-refractivity contribution in [3.05, 3.63) is 35.9 Å². The number of likely N-dealkylation sites (tertiary alicyclic amines) is 1. The lowest BCUT2D eigenvalue weighted by Crippen LogP contribution is -2.48. The molecule has 2 unspecified atom stereocenters. The number of nitrogens with one attached hydrogen (secondary N) is 1. The monoisotopic (exact) mass is 501 g/mol. The predicted molar refractivity (Wildman–Crippen MR) is 126 cm³/mol. The Balaban J connectivity index is 0.00000280. The largest absolute Gasteiger partial charge is 0.381 e. The van der Waals surface area contributed by atoms with Gasteiger partial charge in [-0.1, -0.05) is 37.3 Å². The van der Waals surface area contributed by atoms with Crippen LogP contribution in [0.2, 0.25) is 0 Å². The first-order valence-electron chi connectivity index (χ1n) is 10.5. The molecule has 2 heterocycles. The summed E-state index contributed by atoms with van der Waals surface area (Å²) in [5.74, 6) is 2.30. The fourth-order valence-corrected chi connectivity index (χ4v) is 4.23. The lowest BCUT2D eigenvalue weighted by molar-refractivity contribution is -0.0320. The van der Waals surface area contributed by atoms with Crippen molar-refractivity contribution in [2.45, 2.75) is 44.6 Å². The van der Waals surface area contributed by atoms with Crippen molar-refractivity contribution in [1.29, 1.82) is 0 Å². The van der Waals surface area contributed by atoms with Crippen molar-refractivity contribution in [3.8, 4) is 0 Å². The molecule has 1 aromatic carbocycles. The molecule has 2 saturated heterocycles. The molecule has 0 radical (unpaired) electrons. The second kappa shape index (κ2) is 12.6. The van der Waals surface area contributed by atoms with E-state index in [0.717, 1.165) is 64.7 Å². The topological polar surface area (TPSA) is 46.1 Å². The Hall–Kier alpha value is -0.860. The van der Waals surface area contributed by atoms with E-state index in [1.807, 2.05) is 7.05 Å². The van der Waals surface area contributed by atoms with Crippen LogP contribution in [0.15, 0.2) is 35.3 Å². The lowest BCUT2D eigenvalue weighted by atomic mass is 9.82. The third-order valence-electron chi connectivity index (χ3n) is 5.77. The first-order valence-corrected chi connectivity index (χ1v) is 10.5. The maximum atomic E-state index is 5.95. The number of halogens is 1. The van der Waals surface area contributed by atoms with E-state index < -0.39 is 0 Å². The Morgan fingerprint density at radius 1 is 1.21 bits per heavy atom. The molecule has 2 aliphatic heterocycles. The van der Waals surface area contributed by atoms with E-state index >= 15 is 0 Å². The molecule has 0 spiro atoms. The Morgan fingerprint density at radius 3 is 2.64 bits per heavy atom. The number of aliphatic imine (C=N–C) groups is 1. The number of piperidine rings is 1. The number of ether oxygens (including phenoxy) is 2. The molecule has 3 rings (SSSR count). The van der Waals surface area contributed by atoms with E-state index in [0.29, 0.717) is 17.9 Å². The molecule has 0 aliphatic carbocycles. The van der Waals surface area contributed by atoms with Crippen molar-refractivity contribution in [2.24, 2.45) is 10.9 Å². The van der Waals surface area contributed by atoms with Crippen molar-refractivity contribution >= 4 is 29.9 Å².